The summed E-state index contributed by atoms with van der Waals surface area (Å²) >= 11 is 0. The quantitative estimate of drug-likeness (QED) is 0.741. The second kappa shape index (κ2) is 6.54. The molecule has 0 unspecified atom stereocenters. The number of anilines is 2. The van der Waals surface area contributed by atoms with Crippen molar-refractivity contribution in [3.8, 4) is 0 Å². The molecule has 1 aliphatic rings. The Labute approximate surface area is 108 Å². The third-order valence-corrected chi connectivity index (χ3v) is 2.87. The average Bonchev–Trinajstić information content (AvgIpc) is 3.18. The Morgan fingerprint density at radius 2 is 2.00 bits per heavy atom. The van der Waals surface area contributed by atoms with Gasteiger partial charge in [0.1, 0.15) is 18.2 Å². The van der Waals surface area contributed by atoms with Gasteiger partial charge in [-0.3, -0.25) is 0 Å². The van der Waals surface area contributed by atoms with Crippen molar-refractivity contribution in [1.82, 2.24) is 9.97 Å². The molecule has 0 bridgehead atoms. The zero-order valence-corrected chi connectivity index (χ0v) is 11.2. The maximum atomic E-state index is 5.10. The van der Waals surface area contributed by atoms with Crippen LogP contribution in [0.2, 0.25) is 0 Å². The number of aromatic nitrogens is 2. The molecule has 5 nitrogen and oxygen atoms in total. The van der Waals surface area contributed by atoms with Gasteiger partial charge in [-0.15, -0.1) is 0 Å². The summed E-state index contributed by atoms with van der Waals surface area (Å²) < 4.78 is 5.10. The van der Waals surface area contributed by atoms with E-state index in [1.165, 1.54) is 12.8 Å². The fraction of sp³-hybridized carbons (Fsp3) is 0.692. The van der Waals surface area contributed by atoms with Crippen molar-refractivity contribution in [2.24, 2.45) is 5.92 Å². The molecule has 0 aromatic carbocycles. The molecule has 1 aromatic heterocycles. The van der Waals surface area contributed by atoms with Crippen molar-refractivity contribution in [2.75, 3.05) is 30.8 Å². The van der Waals surface area contributed by atoms with Crippen molar-refractivity contribution >= 4 is 11.6 Å². The van der Waals surface area contributed by atoms with Gasteiger partial charge in [0, 0.05) is 26.3 Å². The van der Waals surface area contributed by atoms with Crippen LogP contribution in [0.25, 0.3) is 0 Å². The summed E-state index contributed by atoms with van der Waals surface area (Å²) in [6.45, 7) is 4.51. The Morgan fingerprint density at radius 3 is 2.61 bits per heavy atom. The number of hydrogen-bond acceptors (Lipinski definition) is 5. The zero-order valence-electron chi connectivity index (χ0n) is 11.2. The minimum atomic E-state index is 0.444. The molecule has 0 aliphatic heterocycles. The number of nitrogens with one attached hydrogen (secondary N) is 2. The maximum absolute atomic E-state index is 5.10. The first-order valence-electron chi connectivity index (χ1n) is 6.66. The fourth-order valence-corrected chi connectivity index (χ4v) is 1.70. The van der Waals surface area contributed by atoms with E-state index in [0.29, 0.717) is 6.61 Å². The van der Waals surface area contributed by atoms with E-state index < -0.39 is 0 Å². The fourth-order valence-electron chi connectivity index (χ4n) is 1.70. The summed E-state index contributed by atoms with van der Waals surface area (Å²) in [5, 5.41) is 6.67. The zero-order chi connectivity index (χ0) is 12.8. The van der Waals surface area contributed by atoms with E-state index in [2.05, 4.69) is 27.5 Å². The normalized spacial score (nSPS) is 14.6. The Balaban J connectivity index is 2.01. The van der Waals surface area contributed by atoms with Crippen LogP contribution in [-0.2, 0) is 11.3 Å². The molecule has 1 aliphatic carbocycles. The largest absolute Gasteiger partial charge is 0.377 e. The predicted molar refractivity (Wildman–Crippen MR) is 72.7 cm³/mol. The van der Waals surface area contributed by atoms with Crippen LogP contribution in [0.15, 0.2) is 6.07 Å². The first-order chi connectivity index (χ1) is 8.81. The molecule has 0 spiro atoms. The van der Waals surface area contributed by atoms with Crippen LogP contribution in [0, 0.1) is 5.92 Å². The van der Waals surface area contributed by atoms with Gasteiger partial charge in [0.25, 0.3) is 0 Å². The lowest BCUT2D eigenvalue weighted by Gasteiger charge is -2.10. The number of rotatable bonds is 8. The van der Waals surface area contributed by atoms with Crippen molar-refractivity contribution in [3.63, 3.8) is 0 Å². The van der Waals surface area contributed by atoms with Gasteiger partial charge in [0.05, 0.1) is 0 Å². The van der Waals surface area contributed by atoms with Crippen molar-refractivity contribution < 1.29 is 4.74 Å². The lowest BCUT2D eigenvalue weighted by Crippen LogP contribution is -2.10. The molecule has 2 rings (SSSR count). The first-order valence-corrected chi connectivity index (χ1v) is 6.66. The monoisotopic (exact) mass is 250 g/mol. The molecule has 2 N–H and O–H groups in total. The summed E-state index contributed by atoms with van der Waals surface area (Å²) in [6.07, 6.45) is 3.75. The van der Waals surface area contributed by atoms with Gasteiger partial charge in [0.2, 0.25) is 0 Å². The van der Waals surface area contributed by atoms with Gasteiger partial charge < -0.3 is 15.4 Å². The van der Waals surface area contributed by atoms with E-state index in [-0.39, 0.29) is 0 Å². The van der Waals surface area contributed by atoms with Gasteiger partial charge >= 0.3 is 0 Å². The van der Waals surface area contributed by atoms with Crippen LogP contribution in [0.1, 0.15) is 32.0 Å². The summed E-state index contributed by atoms with van der Waals surface area (Å²) in [5.74, 6) is 3.31. The number of ether oxygens (including phenoxy) is 1. The van der Waals surface area contributed by atoms with Gasteiger partial charge in [-0.1, -0.05) is 6.92 Å². The van der Waals surface area contributed by atoms with Crippen LogP contribution >= 0.6 is 0 Å². The summed E-state index contributed by atoms with van der Waals surface area (Å²) in [7, 11) is 1.66. The van der Waals surface area contributed by atoms with E-state index in [9.17, 15) is 0 Å². The predicted octanol–water partition coefficient (Wildman–Crippen LogP) is 2.27. The van der Waals surface area contributed by atoms with E-state index in [0.717, 1.165) is 42.9 Å². The number of methoxy groups -OCH3 is 1. The van der Waals surface area contributed by atoms with Crippen molar-refractivity contribution in [1.29, 1.82) is 0 Å². The summed E-state index contributed by atoms with van der Waals surface area (Å²) in [5.41, 5.74) is 0. The van der Waals surface area contributed by atoms with Crippen LogP contribution < -0.4 is 10.6 Å². The average molecular weight is 250 g/mol. The summed E-state index contributed by atoms with van der Waals surface area (Å²) in [4.78, 5) is 8.86. The molecule has 0 radical (unpaired) electrons. The Kier molecular flexibility index (Phi) is 4.75. The highest BCUT2D eigenvalue weighted by Crippen LogP contribution is 2.28. The third kappa shape index (κ3) is 4.14. The lowest BCUT2D eigenvalue weighted by atomic mass is 10.4. The molecule has 1 fully saturated rings. The Bertz CT molecular complexity index is 379. The van der Waals surface area contributed by atoms with Crippen LogP contribution in [0.4, 0.5) is 11.6 Å². The van der Waals surface area contributed by atoms with E-state index >= 15 is 0 Å². The molecule has 1 saturated carbocycles. The second-order valence-electron chi connectivity index (χ2n) is 4.74. The highest BCUT2D eigenvalue weighted by molar-refractivity contribution is 5.47. The van der Waals surface area contributed by atoms with Gasteiger partial charge in [-0.25, -0.2) is 9.97 Å². The maximum Gasteiger partial charge on any atom is 0.158 e. The van der Waals surface area contributed by atoms with E-state index in [1.54, 1.807) is 7.11 Å². The number of nitrogens with zero attached hydrogens (tertiary/aromatic N) is 2. The third-order valence-electron chi connectivity index (χ3n) is 2.87. The van der Waals surface area contributed by atoms with Crippen molar-refractivity contribution in [3.05, 3.63) is 11.9 Å². The van der Waals surface area contributed by atoms with Crippen LogP contribution in [0.3, 0.4) is 0 Å². The molecule has 100 valence electrons. The molecular formula is C13H22N4O. The lowest BCUT2D eigenvalue weighted by molar-refractivity contribution is 0.178. The molecule has 0 amide bonds. The van der Waals surface area contributed by atoms with Crippen LogP contribution in [-0.4, -0.2) is 30.2 Å². The molecular weight excluding hydrogens is 228 g/mol. The molecule has 5 heteroatoms. The van der Waals surface area contributed by atoms with Gasteiger partial charge in [-0.2, -0.15) is 0 Å². The Morgan fingerprint density at radius 1 is 1.28 bits per heavy atom. The highest BCUT2D eigenvalue weighted by Gasteiger charge is 2.20. The Hall–Kier alpha value is -1.36. The van der Waals surface area contributed by atoms with Crippen molar-refractivity contribution in [2.45, 2.75) is 32.8 Å². The number of hydrogen-bond donors (Lipinski definition) is 2. The van der Waals surface area contributed by atoms with E-state index in [1.807, 2.05) is 6.07 Å². The van der Waals surface area contributed by atoms with E-state index in [4.69, 9.17) is 4.74 Å². The SMILES string of the molecule is CCCNc1cc(NCC2CC2)nc(COC)n1. The molecule has 18 heavy (non-hydrogen) atoms. The minimum absolute atomic E-state index is 0.444. The first kappa shape index (κ1) is 13.1. The highest BCUT2D eigenvalue weighted by atomic mass is 16.5. The molecule has 0 atom stereocenters. The molecule has 0 saturated heterocycles. The van der Waals surface area contributed by atoms with Crippen LogP contribution in [0.5, 0.6) is 0 Å². The van der Waals surface area contributed by atoms with Gasteiger partial charge in [0.15, 0.2) is 5.82 Å². The second-order valence-corrected chi connectivity index (χ2v) is 4.74. The standard InChI is InChI=1S/C13H22N4O/c1-3-6-14-11-7-12(15-8-10-4-5-10)17-13(16-11)9-18-2/h7,10H,3-6,8-9H2,1-2H3,(H2,14,15,16,17). The minimum Gasteiger partial charge on any atom is -0.377 e. The molecule has 1 aromatic rings. The van der Waals surface area contributed by atoms with Gasteiger partial charge in [-0.05, 0) is 25.2 Å². The topological polar surface area (TPSA) is 59.1 Å². The summed E-state index contributed by atoms with van der Waals surface area (Å²) in [6, 6.07) is 1.97. The smallest absolute Gasteiger partial charge is 0.158 e. The molecule has 1 heterocycles.